The Hall–Kier alpha value is -3.25. The summed E-state index contributed by atoms with van der Waals surface area (Å²) in [5, 5.41) is 7.81. The quantitative estimate of drug-likeness (QED) is 0.570. The summed E-state index contributed by atoms with van der Waals surface area (Å²) >= 11 is 6.30. The zero-order valence-electron chi connectivity index (χ0n) is 13.6. The van der Waals surface area contributed by atoms with E-state index in [-0.39, 0.29) is 12.5 Å². The monoisotopic (exact) mass is 367 g/mol. The van der Waals surface area contributed by atoms with Crippen molar-refractivity contribution in [3.8, 4) is 17.1 Å². The zero-order chi connectivity index (χ0) is 17.9. The van der Waals surface area contributed by atoms with Gasteiger partial charge in [0.05, 0.1) is 29.8 Å². The predicted molar refractivity (Wildman–Crippen MR) is 96.2 cm³/mol. The maximum atomic E-state index is 12.7. The van der Waals surface area contributed by atoms with Gasteiger partial charge in [-0.15, -0.1) is 0 Å². The Labute approximate surface area is 154 Å². The molecule has 0 aliphatic carbocycles. The van der Waals surface area contributed by atoms with Crippen LogP contribution in [0.1, 0.15) is 16.2 Å². The van der Waals surface area contributed by atoms with E-state index in [9.17, 15) is 4.79 Å². The lowest BCUT2D eigenvalue weighted by molar-refractivity contribution is 0.0940. The van der Waals surface area contributed by atoms with Crippen LogP contribution in [-0.2, 0) is 6.54 Å². The average molecular weight is 368 g/mol. The third-order valence-electron chi connectivity index (χ3n) is 3.80. The number of aromatic nitrogens is 2. The molecule has 4 rings (SSSR count). The third kappa shape index (κ3) is 3.14. The lowest BCUT2D eigenvalue weighted by Gasteiger charge is -2.09. The maximum Gasteiger partial charge on any atom is 0.270 e. The first-order valence-corrected chi connectivity index (χ1v) is 8.29. The van der Waals surface area contributed by atoms with Gasteiger partial charge in [-0.1, -0.05) is 23.7 Å². The standard InChI is InChI=1S/C19H14ClN3O3/c20-14-6-1-2-7-16(14)23-17(11-15(22-23)18-8-4-10-26-18)19(24)21-12-13-5-3-9-25-13/h1-11H,12H2,(H,21,24). The van der Waals surface area contributed by atoms with Crippen LogP contribution in [0.5, 0.6) is 0 Å². The van der Waals surface area contributed by atoms with Gasteiger partial charge in [0.25, 0.3) is 5.91 Å². The summed E-state index contributed by atoms with van der Waals surface area (Å²) in [6.45, 7) is 0.273. The minimum absolute atomic E-state index is 0.273. The van der Waals surface area contributed by atoms with Gasteiger partial charge in [0, 0.05) is 6.07 Å². The number of carbonyl (C=O) groups excluding carboxylic acids is 1. The van der Waals surface area contributed by atoms with E-state index in [1.54, 1.807) is 55.0 Å². The van der Waals surface area contributed by atoms with Crippen LogP contribution < -0.4 is 5.32 Å². The van der Waals surface area contributed by atoms with Gasteiger partial charge in [-0.3, -0.25) is 4.79 Å². The van der Waals surface area contributed by atoms with Crippen molar-refractivity contribution in [3.05, 3.63) is 83.6 Å². The number of hydrogen-bond acceptors (Lipinski definition) is 4. The first-order chi connectivity index (χ1) is 12.7. The molecule has 0 aliphatic heterocycles. The number of hydrogen-bond donors (Lipinski definition) is 1. The van der Waals surface area contributed by atoms with E-state index in [2.05, 4.69) is 10.4 Å². The number of nitrogens with one attached hydrogen (secondary N) is 1. The normalized spacial score (nSPS) is 10.8. The van der Waals surface area contributed by atoms with E-state index in [1.807, 2.05) is 12.1 Å². The molecule has 4 aromatic rings. The molecule has 26 heavy (non-hydrogen) atoms. The molecule has 0 bridgehead atoms. The lowest BCUT2D eigenvalue weighted by Crippen LogP contribution is -2.25. The third-order valence-corrected chi connectivity index (χ3v) is 4.12. The van der Waals surface area contributed by atoms with Crippen LogP contribution in [0, 0.1) is 0 Å². The van der Waals surface area contributed by atoms with Gasteiger partial charge in [0.1, 0.15) is 17.1 Å². The molecule has 3 heterocycles. The van der Waals surface area contributed by atoms with E-state index < -0.39 is 0 Å². The highest BCUT2D eigenvalue weighted by molar-refractivity contribution is 6.32. The number of benzene rings is 1. The summed E-state index contributed by atoms with van der Waals surface area (Å²) in [7, 11) is 0. The van der Waals surface area contributed by atoms with Crippen molar-refractivity contribution in [3.63, 3.8) is 0 Å². The number of carbonyl (C=O) groups is 1. The minimum Gasteiger partial charge on any atom is -0.467 e. The van der Waals surface area contributed by atoms with E-state index in [0.717, 1.165) is 0 Å². The molecule has 0 atom stereocenters. The highest BCUT2D eigenvalue weighted by Crippen LogP contribution is 2.25. The van der Waals surface area contributed by atoms with Crippen LogP contribution in [0.15, 0.2) is 76.0 Å². The fourth-order valence-electron chi connectivity index (χ4n) is 2.57. The molecule has 0 spiro atoms. The fourth-order valence-corrected chi connectivity index (χ4v) is 2.78. The molecular formula is C19H14ClN3O3. The summed E-state index contributed by atoms with van der Waals surface area (Å²) in [6, 6.07) is 16.0. The van der Waals surface area contributed by atoms with Gasteiger partial charge >= 0.3 is 0 Å². The molecule has 0 unspecified atom stereocenters. The molecular weight excluding hydrogens is 354 g/mol. The SMILES string of the molecule is O=C(NCc1ccco1)c1cc(-c2ccco2)nn1-c1ccccc1Cl. The van der Waals surface area contributed by atoms with Crippen LogP contribution in [-0.4, -0.2) is 15.7 Å². The summed E-state index contributed by atoms with van der Waals surface area (Å²) in [4.78, 5) is 12.7. The van der Waals surface area contributed by atoms with Crippen LogP contribution in [0.25, 0.3) is 17.1 Å². The summed E-state index contributed by atoms with van der Waals surface area (Å²) < 4.78 is 12.2. The number of amides is 1. The van der Waals surface area contributed by atoms with Crippen LogP contribution in [0.2, 0.25) is 5.02 Å². The second-order valence-electron chi connectivity index (χ2n) is 5.52. The zero-order valence-corrected chi connectivity index (χ0v) is 14.3. The van der Waals surface area contributed by atoms with Gasteiger partial charge in [-0.05, 0) is 36.4 Å². The van der Waals surface area contributed by atoms with Crippen molar-refractivity contribution < 1.29 is 13.6 Å². The van der Waals surface area contributed by atoms with E-state index in [0.29, 0.717) is 33.6 Å². The number of rotatable bonds is 5. The largest absolute Gasteiger partial charge is 0.467 e. The fraction of sp³-hybridized carbons (Fsp3) is 0.0526. The molecule has 130 valence electrons. The van der Waals surface area contributed by atoms with Gasteiger partial charge < -0.3 is 14.2 Å². The van der Waals surface area contributed by atoms with Gasteiger partial charge in [-0.25, -0.2) is 4.68 Å². The first kappa shape index (κ1) is 16.2. The predicted octanol–water partition coefficient (Wildman–Crippen LogP) is 4.31. The molecule has 0 aliphatic rings. The summed E-state index contributed by atoms with van der Waals surface area (Å²) in [5.41, 5.74) is 1.49. The van der Waals surface area contributed by atoms with Crippen LogP contribution in [0.3, 0.4) is 0 Å². The summed E-state index contributed by atoms with van der Waals surface area (Å²) in [6.07, 6.45) is 3.12. The molecule has 0 saturated heterocycles. The molecule has 1 amide bonds. The average Bonchev–Trinajstić information content (AvgIpc) is 3.40. The van der Waals surface area contributed by atoms with E-state index >= 15 is 0 Å². The Morgan fingerprint density at radius 2 is 1.88 bits per heavy atom. The smallest absolute Gasteiger partial charge is 0.270 e. The van der Waals surface area contributed by atoms with Crippen LogP contribution in [0.4, 0.5) is 0 Å². The second kappa shape index (κ2) is 6.93. The Balaban J connectivity index is 1.72. The Bertz CT molecular complexity index is 1020. The number of furan rings is 2. The number of nitrogens with zero attached hydrogens (tertiary/aromatic N) is 2. The van der Waals surface area contributed by atoms with Crippen molar-refractivity contribution in [2.75, 3.05) is 0 Å². The topological polar surface area (TPSA) is 73.2 Å². The molecule has 3 aromatic heterocycles. The van der Waals surface area contributed by atoms with Crippen molar-refractivity contribution in [2.24, 2.45) is 0 Å². The van der Waals surface area contributed by atoms with E-state index in [4.69, 9.17) is 20.4 Å². The first-order valence-electron chi connectivity index (χ1n) is 7.92. The highest BCUT2D eigenvalue weighted by atomic mass is 35.5. The number of halogens is 1. The molecule has 0 radical (unpaired) electrons. The van der Waals surface area contributed by atoms with Gasteiger partial charge in [0.15, 0.2) is 5.76 Å². The molecule has 6 nitrogen and oxygen atoms in total. The molecule has 0 saturated carbocycles. The van der Waals surface area contributed by atoms with Crippen molar-refractivity contribution in [1.82, 2.24) is 15.1 Å². The Kier molecular flexibility index (Phi) is 4.33. The lowest BCUT2D eigenvalue weighted by atomic mass is 10.2. The Morgan fingerprint density at radius 1 is 1.08 bits per heavy atom. The maximum absolute atomic E-state index is 12.7. The van der Waals surface area contributed by atoms with Crippen molar-refractivity contribution >= 4 is 17.5 Å². The summed E-state index contributed by atoms with van der Waals surface area (Å²) in [5.74, 6) is 0.927. The molecule has 7 heteroatoms. The Morgan fingerprint density at radius 3 is 2.62 bits per heavy atom. The second-order valence-corrected chi connectivity index (χ2v) is 5.92. The van der Waals surface area contributed by atoms with Crippen LogP contribution >= 0.6 is 11.6 Å². The molecule has 1 aromatic carbocycles. The van der Waals surface area contributed by atoms with Crippen molar-refractivity contribution in [1.29, 1.82) is 0 Å². The minimum atomic E-state index is -0.299. The molecule has 1 N–H and O–H groups in total. The van der Waals surface area contributed by atoms with Gasteiger partial charge in [-0.2, -0.15) is 5.10 Å². The van der Waals surface area contributed by atoms with Gasteiger partial charge in [0.2, 0.25) is 0 Å². The van der Waals surface area contributed by atoms with E-state index in [1.165, 1.54) is 4.68 Å². The molecule has 0 fully saturated rings. The number of para-hydroxylation sites is 1. The highest BCUT2D eigenvalue weighted by Gasteiger charge is 2.20. The van der Waals surface area contributed by atoms with Crippen molar-refractivity contribution in [2.45, 2.75) is 6.54 Å².